The summed E-state index contributed by atoms with van der Waals surface area (Å²) in [5.74, 6) is -0.472. The van der Waals surface area contributed by atoms with Gasteiger partial charge < -0.3 is 0 Å². The van der Waals surface area contributed by atoms with Crippen molar-refractivity contribution >= 4 is 17.9 Å². The molecule has 2 nitrogen and oxygen atoms in total. The molecule has 0 aliphatic carbocycles. The van der Waals surface area contributed by atoms with Crippen LogP contribution in [-0.4, -0.2) is 11.3 Å². The summed E-state index contributed by atoms with van der Waals surface area (Å²) in [5.41, 5.74) is -4.31. The lowest BCUT2D eigenvalue weighted by Crippen LogP contribution is -2.16. The van der Waals surface area contributed by atoms with Crippen LogP contribution in [0.15, 0.2) is 6.20 Å². The molecule has 1 aromatic rings. The number of pyridine rings is 1. The van der Waals surface area contributed by atoms with Crippen LogP contribution < -0.4 is 0 Å². The molecule has 0 bridgehead atoms. The summed E-state index contributed by atoms with van der Waals surface area (Å²) < 4.78 is 62.7. The van der Waals surface area contributed by atoms with Gasteiger partial charge in [-0.3, -0.25) is 9.78 Å². The molecule has 0 aliphatic heterocycles. The average Bonchev–Trinajstić information content (AvgIpc) is 2.25. The van der Waals surface area contributed by atoms with Gasteiger partial charge in [-0.1, -0.05) is 0 Å². The average molecular weight is 274 g/mol. The van der Waals surface area contributed by atoms with E-state index >= 15 is 0 Å². The van der Waals surface area contributed by atoms with Crippen molar-refractivity contribution in [3.05, 3.63) is 28.6 Å². The second kappa shape index (κ2) is 4.95. The molecule has 0 N–H and O–H groups in total. The summed E-state index contributed by atoms with van der Waals surface area (Å²) in [6.07, 6.45) is -8.22. The zero-order valence-electron chi connectivity index (χ0n) is 8.06. The van der Waals surface area contributed by atoms with Crippen molar-refractivity contribution in [1.82, 2.24) is 4.98 Å². The van der Waals surface area contributed by atoms with Crippen molar-refractivity contribution in [3.63, 3.8) is 0 Å². The monoisotopic (exact) mass is 273 g/mol. The number of halogens is 6. The highest BCUT2D eigenvalue weighted by Crippen LogP contribution is 2.38. The Hall–Kier alpha value is -1.24. The second-order valence-corrected chi connectivity index (χ2v) is 3.27. The Bertz CT molecular complexity index is 432. The number of hydrogen-bond acceptors (Lipinski definition) is 2. The number of carbonyl (C=O) groups excluding carboxylic acids is 1. The summed E-state index contributed by atoms with van der Waals surface area (Å²) in [6, 6.07) is 0. The minimum Gasteiger partial charge on any atom is -0.298 e. The van der Waals surface area contributed by atoms with Gasteiger partial charge in [0.25, 0.3) is 6.43 Å². The van der Waals surface area contributed by atoms with Crippen LogP contribution in [0.2, 0.25) is 0 Å². The number of aldehydes is 1. The van der Waals surface area contributed by atoms with Gasteiger partial charge in [0.1, 0.15) is 0 Å². The van der Waals surface area contributed by atoms with E-state index in [4.69, 9.17) is 11.6 Å². The first-order chi connectivity index (χ1) is 7.82. The molecule has 0 amide bonds. The van der Waals surface area contributed by atoms with Crippen LogP contribution in [0.3, 0.4) is 0 Å². The van der Waals surface area contributed by atoms with Crippen molar-refractivity contribution in [2.75, 3.05) is 0 Å². The van der Waals surface area contributed by atoms with Crippen LogP contribution in [-0.2, 0) is 12.1 Å². The molecular weight excluding hydrogens is 269 g/mol. The van der Waals surface area contributed by atoms with E-state index in [1.807, 2.05) is 0 Å². The Morgan fingerprint density at radius 2 is 2.00 bits per heavy atom. The van der Waals surface area contributed by atoms with E-state index in [2.05, 4.69) is 4.98 Å². The first-order valence-electron chi connectivity index (χ1n) is 4.21. The van der Waals surface area contributed by atoms with E-state index in [0.29, 0.717) is 6.20 Å². The topological polar surface area (TPSA) is 30.0 Å². The Kier molecular flexibility index (Phi) is 4.03. The smallest absolute Gasteiger partial charge is 0.298 e. The molecule has 0 fully saturated rings. The molecule has 0 unspecified atom stereocenters. The number of rotatable bonds is 3. The van der Waals surface area contributed by atoms with E-state index in [0.717, 1.165) is 0 Å². The van der Waals surface area contributed by atoms with E-state index in [9.17, 15) is 26.7 Å². The summed E-state index contributed by atoms with van der Waals surface area (Å²) in [5, 5.41) is 0. The van der Waals surface area contributed by atoms with Crippen LogP contribution in [0.25, 0.3) is 0 Å². The van der Waals surface area contributed by atoms with Gasteiger partial charge in [-0.25, -0.2) is 8.78 Å². The molecule has 0 spiro atoms. The summed E-state index contributed by atoms with van der Waals surface area (Å²) in [4.78, 5) is 13.9. The zero-order chi connectivity index (χ0) is 13.2. The van der Waals surface area contributed by atoms with Crippen molar-refractivity contribution in [3.8, 4) is 0 Å². The van der Waals surface area contributed by atoms with E-state index < -0.39 is 35.2 Å². The van der Waals surface area contributed by atoms with Crippen molar-refractivity contribution in [2.24, 2.45) is 0 Å². The van der Waals surface area contributed by atoms with Crippen LogP contribution in [0, 0.1) is 0 Å². The molecule has 8 heteroatoms. The van der Waals surface area contributed by atoms with Crippen molar-refractivity contribution in [1.29, 1.82) is 0 Å². The fourth-order valence-corrected chi connectivity index (χ4v) is 1.51. The van der Waals surface area contributed by atoms with Gasteiger partial charge in [0.2, 0.25) is 0 Å². The normalized spacial score (nSPS) is 11.9. The van der Waals surface area contributed by atoms with Gasteiger partial charge in [0.15, 0.2) is 6.29 Å². The number of nitrogens with zero attached hydrogens (tertiary/aromatic N) is 1. The molecule has 0 aromatic carbocycles. The Labute approximate surface area is 97.4 Å². The van der Waals surface area contributed by atoms with Crippen LogP contribution >= 0.6 is 11.6 Å². The van der Waals surface area contributed by atoms with Crippen molar-refractivity contribution in [2.45, 2.75) is 18.5 Å². The quantitative estimate of drug-likeness (QED) is 0.478. The number of aromatic nitrogens is 1. The SMILES string of the molecule is O=Cc1c(CCl)ncc(C(F)F)c1C(F)(F)F. The Morgan fingerprint density at radius 1 is 1.41 bits per heavy atom. The minimum absolute atomic E-state index is 0.167. The number of carbonyl (C=O) groups is 1. The molecule has 17 heavy (non-hydrogen) atoms. The third-order valence-corrected chi connectivity index (χ3v) is 2.24. The Morgan fingerprint density at radius 3 is 2.35 bits per heavy atom. The highest BCUT2D eigenvalue weighted by atomic mass is 35.5. The third-order valence-electron chi connectivity index (χ3n) is 1.99. The maximum atomic E-state index is 12.6. The van der Waals surface area contributed by atoms with E-state index in [1.54, 1.807) is 0 Å². The summed E-state index contributed by atoms with van der Waals surface area (Å²) in [7, 11) is 0. The largest absolute Gasteiger partial charge is 0.417 e. The van der Waals surface area contributed by atoms with Crippen LogP contribution in [0.4, 0.5) is 22.0 Å². The molecule has 0 atom stereocenters. The van der Waals surface area contributed by atoms with Gasteiger partial charge in [-0.05, 0) is 0 Å². The van der Waals surface area contributed by atoms with Crippen LogP contribution in [0.1, 0.15) is 33.6 Å². The summed E-state index contributed by atoms with van der Waals surface area (Å²) in [6.45, 7) is 0. The lowest BCUT2D eigenvalue weighted by Gasteiger charge is -2.15. The van der Waals surface area contributed by atoms with Gasteiger partial charge in [0.05, 0.1) is 17.1 Å². The minimum atomic E-state index is -5.06. The molecule has 94 valence electrons. The molecular formula is C9H5ClF5NO. The van der Waals surface area contributed by atoms with Crippen molar-refractivity contribution < 1.29 is 26.7 Å². The highest BCUT2D eigenvalue weighted by Gasteiger charge is 2.39. The first-order valence-corrected chi connectivity index (χ1v) is 4.74. The van der Waals surface area contributed by atoms with Gasteiger partial charge in [-0.15, -0.1) is 11.6 Å². The molecule has 0 radical (unpaired) electrons. The van der Waals surface area contributed by atoms with E-state index in [1.165, 1.54) is 0 Å². The van der Waals surface area contributed by atoms with E-state index in [-0.39, 0.29) is 12.0 Å². The fraction of sp³-hybridized carbons (Fsp3) is 0.333. The number of hydrogen-bond donors (Lipinski definition) is 0. The Balaban J connectivity index is 3.62. The second-order valence-electron chi connectivity index (χ2n) is 3.00. The predicted octanol–water partition coefficient (Wildman–Crippen LogP) is 3.59. The molecule has 0 saturated carbocycles. The third kappa shape index (κ3) is 2.71. The fourth-order valence-electron chi connectivity index (χ4n) is 1.30. The lowest BCUT2D eigenvalue weighted by atomic mass is 10.0. The molecule has 1 heterocycles. The standard InChI is InChI=1S/C9H5ClF5NO/c10-1-6-5(3-17)7(9(13,14)15)4(2-16-6)8(11)12/h2-3,8H,1H2. The van der Waals surface area contributed by atoms with Gasteiger partial charge in [0, 0.05) is 17.3 Å². The molecule has 0 saturated heterocycles. The lowest BCUT2D eigenvalue weighted by molar-refractivity contribution is -0.139. The first kappa shape index (κ1) is 13.8. The number of alkyl halides is 6. The summed E-state index contributed by atoms with van der Waals surface area (Å²) >= 11 is 5.29. The molecule has 1 rings (SSSR count). The molecule has 0 aliphatic rings. The zero-order valence-corrected chi connectivity index (χ0v) is 8.82. The van der Waals surface area contributed by atoms with Crippen LogP contribution in [0.5, 0.6) is 0 Å². The maximum Gasteiger partial charge on any atom is 0.417 e. The molecule has 1 aromatic heterocycles. The maximum absolute atomic E-state index is 12.6. The highest BCUT2D eigenvalue weighted by molar-refractivity contribution is 6.17. The van der Waals surface area contributed by atoms with Gasteiger partial charge >= 0.3 is 6.18 Å². The van der Waals surface area contributed by atoms with Gasteiger partial charge in [-0.2, -0.15) is 13.2 Å². The predicted molar refractivity (Wildman–Crippen MR) is 49.1 cm³/mol.